The summed E-state index contributed by atoms with van der Waals surface area (Å²) in [6.07, 6.45) is 0.508. The molecule has 0 unspecified atom stereocenters. The largest absolute Gasteiger partial charge is 0.492 e. The second-order valence-corrected chi connectivity index (χ2v) is 7.90. The number of hydrogen-bond donors (Lipinski definition) is 1. The van der Waals surface area contributed by atoms with E-state index in [4.69, 9.17) is 14.2 Å². The van der Waals surface area contributed by atoms with Gasteiger partial charge in [-0.25, -0.2) is 4.39 Å². The Hall–Kier alpha value is -1.89. The van der Waals surface area contributed by atoms with Crippen LogP contribution in [0.1, 0.15) is 25.8 Å². The van der Waals surface area contributed by atoms with Gasteiger partial charge in [0.2, 0.25) is 0 Å². The van der Waals surface area contributed by atoms with E-state index >= 15 is 0 Å². The number of nitrogens with one attached hydrogen (secondary N) is 1. The molecule has 0 aliphatic carbocycles. The van der Waals surface area contributed by atoms with Gasteiger partial charge in [0.05, 0.1) is 25.0 Å². The fourth-order valence-electron chi connectivity index (χ4n) is 2.80. The molecule has 7 heteroatoms. The highest BCUT2D eigenvalue weighted by atomic mass is 127. The van der Waals surface area contributed by atoms with Gasteiger partial charge in [0.1, 0.15) is 23.2 Å². The monoisotopic (exact) mass is 482 g/mol. The SMILES string of the molecule is CC1(C)OC[C@@H](CCOc2cc(F)cc(Nc3ccc(I)cc3)c2C#N)O1. The number of ether oxygens (including phenoxy) is 3. The van der Waals surface area contributed by atoms with Gasteiger partial charge in [-0.15, -0.1) is 0 Å². The number of rotatable bonds is 6. The van der Waals surface area contributed by atoms with Crippen LogP contribution in [0.5, 0.6) is 5.75 Å². The molecule has 1 aliphatic rings. The van der Waals surface area contributed by atoms with E-state index in [9.17, 15) is 9.65 Å². The first-order valence-corrected chi connectivity index (χ1v) is 9.65. The van der Waals surface area contributed by atoms with Gasteiger partial charge in [0, 0.05) is 21.7 Å². The maximum absolute atomic E-state index is 14.1. The van der Waals surface area contributed by atoms with Gasteiger partial charge in [-0.05, 0) is 66.8 Å². The molecule has 2 aromatic rings. The molecule has 1 aliphatic heterocycles. The summed E-state index contributed by atoms with van der Waals surface area (Å²) in [6.45, 7) is 4.50. The number of nitriles is 1. The molecule has 0 radical (unpaired) electrons. The summed E-state index contributed by atoms with van der Waals surface area (Å²) in [7, 11) is 0. The van der Waals surface area contributed by atoms with Crippen molar-refractivity contribution in [3.8, 4) is 11.8 Å². The Bertz CT molecular complexity index is 850. The second kappa shape index (κ2) is 8.42. The van der Waals surface area contributed by atoms with Crippen molar-refractivity contribution in [2.75, 3.05) is 18.5 Å². The molecule has 1 atom stereocenters. The average Bonchev–Trinajstić information content (AvgIpc) is 2.96. The summed E-state index contributed by atoms with van der Waals surface area (Å²) < 4.78 is 32.1. The minimum absolute atomic E-state index is 0.0801. The van der Waals surface area contributed by atoms with Gasteiger partial charge in [0.25, 0.3) is 0 Å². The van der Waals surface area contributed by atoms with Crippen molar-refractivity contribution in [2.45, 2.75) is 32.2 Å². The molecule has 142 valence electrons. The lowest BCUT2D eigenvalue weighted by atomic mass is 10.1. The molecule has 0 amide bonds. The lowest BCUT2D eigenvalue weighted by Gasteiger charge is -2.17. The number of hydrogen-bond acceptors (Lipinski definition) is 5. The van der Waals surface area contributed by atoms with Crippen molar-refractivity contribution in [1.82, 2.24) is 0 Å². The predicted molar refractivity (Wildman–Crippen MR) is 109 cm³/mol. The van der Waals surface area contributed by atoms with Crippen molar-refractivity contribution in [1.29, 1.82) is 5.26 Å². The highest BCUT2D eigenvalue weighted by Crippen LogP contribution is 2.31. The molecule has 0 spiro atoms. The van der Waals surface area contributed by atoms with Crippen LogP contribution in [0.3, 0.4) is 0 Å². The minimum Gasteiger partial charge on any atom is -0.492 e. The molecule has 1 N–H and O–H groups in total. The average molecular weight is 482 g/mol. The van der Waals surface area contributed by atoms with Crippen LogP contribution in [0.15, 0.2) is 36.4 Å². The Labute approximate surface area is 171 Å². The van der Waals surface area contributed by atoms with Gasteiger partial charge in [0.15, 0.2) is 5.79 Å². The third-order valence-electron chi connectivity index (χ3n) is 4.07. The molecule has 27 heavy (non-hydrogen) atoms. The summed E-state index contributed by atoms with van der Waals surface area (Å²) in [4.78, 5) is 0. The second-order valence-electron chi connectivity index (χ2n) is 6.66. The Balaban J connectivity index is 1.70. The van der Waals surface area contributed by atoms with E-state index in [0.717, 1.165) is 9.26 Å². The number of anilines is 2. The topological polar surface area (TPSA) is 63.5 Å². The first kappa shape index (κ1) is 19.9. The zero-order valence-electron chi connectivity index (χ0n) is 15.1. The van der Waals surface area contributed by atoms with Crippen molar-refractivity contribution in [3.05, 3.63) is 51.3 Å². The molecule has 3 rings (SSSR count). The highest BCUT2D eigenvalue weighted by molar-refractivity contribution is 14.1. The molecular weight excluding hydrogens is 462 g/mol. The molecule has 0 bridgehead atoms. The quantitative estimate of drug-likeness (QED) is 0.590. The third-order valence-corrected chi connectivity index (χ3v) is 4.79. The first-order valence-electron chi connectivity index (χ1n) is 8.57. The van der Waals surface area contributed by atoms with Crippen molar-refractivity contribution in [3.63, 3.8) is 0 Å². The Morgan fingerprint density at radius 2 is 2.07 bits per heavy atom. The molecule has 5 nitrogen and oxygen atoms in total. The van der Waals surface area contributed by atoms with E-state index in [0.29, 0.717) is 25.3 Å². The normalized spacial score (nSPS) is 18.1. The maximum Gasteiger partial charge on any atom is 0.163 e. The van der Waals surface area contributed by atoms with Crippen LogP contribution in [-0.2, 0) is 9.47 Å². The van der Waals surface area contributed by atoms with E-state index in [2.05, 4.69) is 34.0 Å². The van der Waals surface area contributed by atoms with Crippen LogP contribution in [0.4, 0.5) is 15.8 Å². The van der Waals surface area contributed by atoms with Crippen LogP contribution >= 0.6 is 22.6 Å². The summed E-state index contributed by atoms with van der Waals surface area (Å²) in [5.41, 5.74) is 1.40. The van der Waals surface area contributed by atoms with Crippen molar-refractivity contribution >= 4 is 34.0 Å². The fraction of sp³-hybridized carbons (Fsp3) is 0.350. The van der Waals surface area contributed by atoms with Crippen molar-refractivity contribution < 1.29 is 18.6 Å². The van der Waals surface area contributed by atoms with Crippen LogP contribution in [0.25, 0.3) is 0 Å². The zero-order valence-corrected chi connectivity index (χ0v) is 17.2. The zero-order chi connectivity index (χ0) is 19.4. The van der Waals surface area contributed by atoms with Gasteiger partial charge in [-0.1, -0.05) is 0 Å². The van der Waals surface area contributed by atoms with E-state index < -0.39 is 11.6 Å². The third kappa shape index (κ3) is 5.31. The molecule has 0 aromatic heterocycles. The smallest absolute Gasteiger partial charge is 0.163 e. The minimum atomic E-state index is -0.591. The van der Waals surface area contributed by atoms with Crippen LogP contribution in [-0.4, -0.2) is 25.1 Å². The van der Waals surface area contributed by atoms with Crippen LogP contribution in [0.2, 0.25) is 0 Å². The van der Waals surface area contributed by atoms with E-state index in [1.54, 1.807) is 0 Å². The van der Waals surface area contributed by atoms with E-state index in [-0.39, 0.29) is 17.4 Å². The number of nitrogens with zero attached hydrogens (tertiary/aromatic N) is 1. The molecule has 1 saturated heterocycles. The Morgan fingerprint density at radius 1 is 1.33 bits per heavy atom. The van der Waals surface area contributed by atoms with Gasteiger partial charge >= 0.3 is 0 Å². The highest BCUT2D eigenvalue weighted by Gasteiger charge is 2.32. The molecule has 2 aromatic carbocycles. The number of benzene rings is 2. The van der Waals surface area contributed by atoms with Crippen LogP contribution in [0, 0.1) is 20.7 Å². The molecule has 1 fully saturated rings. The molecule has 1 heterocycles. The van der Waals surface area contributed by atoms with Gasteiger partial charge in [-0.3, -0.25) is 0 Å². The van der Waals surface area contributed by atoms with Gasteiger partial charge < -0.3 is 19.5 Å². The van der Waals surface area contributed by atoms with Gasteiger partial charge in [-0.2, -0.15) is 5.26 Å². The standard InChI is InChI=1S/C20H20FIN2O3/c1-20(2)26-12-16(27-20)7-8-25-19-10-13(21)9-18(17(19)11-23)24-15-5-3-14(22)4-6-15/h3-6,9-10,16,24H,7-8,12H2,1-2H3/t16-/m1/s1. The Morgan fingerprint density at radius 3 is 2.70 bits per heavy atom. The molecule has 0 saturated carbocycles. The number of halogens is 2. The summed E-state index contributed by atoms with van der Waals surface area (Å²) >= 11 is 2.21. The van der Waals surface area contributed by atoms with E-state index in [1.165, 1.54) is 12.1 Å². The first-order chi connectivity index (χ1) is 12.9. The fourth-order valence-corrected chi connectivity index (χ4v) is 3.16. The van der Waals surface area contributed by atoms with E-state index in [1.807, 2.05) is 38.1 Å². The van der Waals surface area contributed by atoms with Crippen LogP contribution < -0.4 is 10.1 Å². The van der Waals surface area contributed by atoms with Crippen molar-refractivity contribution in [2.24, 2.45) is 0 Å². The maximum atomic E-state index is 14.1. The summed E-state index contributed by atoms with van der Waals surface area (Å²) in [5, 5.41) is 12.6. The predicted octanol–water partition coefficient (Wildman–Crippen LogP) is 4.97. The summed E-state index contributed by atoms with van der Waals surface area (Å²) in [5.74, 6) is -0.853. The lowest BCUT2D eigenvalue weighted by molar-refractivity contribution is -0.139. The Kier molecular flexibility index (Phi) is 6.19. The summed E-state index contributed by atoms with van der Waals surface area (Å²) in [6, 6.07) is 12.2. The lowest BCUT2D eigenvalue weighted by Crippen LogP contribution is -2.22. The molecular formula is C20H20FIN2O3.